The van der Waals surface area contributed by atoms with E-state index in [1.54, 1.807) is 30.3 Å². The summed E-state index contributed by atoms with van der Waals surface area (Å²) in [5, 5.41) is 14.0. The van der Waals surface area contributed by atoms with E-state index in [2.05, 4.69) is 36.2 Å². The molecular formula is C23H22BrClFN5O2. The number of aliphatic hydroxyl groups is 1. The Bertz CT molecular complexity index is 1200. The molecular weight excluding hydrogens is 513 g/mol. The van der Waals surface area contributed by atoms with Crippen molar-refractivity contribution in [3.8, 4) is 0 Å². The number of amides is 1. The summed E-state index contributed by atoms with van der Waals surface area (Å²) in [5.41, 5.74) is 0.627. The number of anilines is 1. The molecule has 3 aromatic rings. The summed E-state index contributed by atoms with van der Waals surface area (Å²) in [6, 6.07) is 4.08. The standard InChI is InChI=1S/C23H22BrClFN5O2/c1-31-11-29-19(20(31)21(32)30-16-2-3-18(26)17(25)6-16)12-4-13-7-23(33,8-14(13)5-12)22-27-9-15(24)10-28-22/h2-3,6,9-14,33H,4-5,7-8H2,1H3,(H,30,32). The van der Waals surface area contributed by atoms with Gasteiger partial charge in [0.2, 0.25) is 0 Å². The Kier molecular flexibility index (Phi) is 5.74. The van der Waals surface area contributed by atoms with E-state index in [0.29, 0.717) is 41.9 Å². The molecule has 2 fully saturated rings. The van der Waals surface area contributed by atoms with Crippen LogP contribution in [-0.4, -0.2) is 30.5 Å². The van der Waals surface area contributed by atoms with Crippen LogP contribution in [0.25, 0.3) is 0 Å². The van der Waals surface area contributed by atoms with Crippen LogP contribution < -0.4 is 5.32 Å². The first-order valence-corrected chi connectivity index (χ1v) is 11.9. The van der Waals surface area contributed by atoms with Crippen LogP contribution in [0.3, 0.4) is 0 Å². The molecule has 5 rings (SSSR count). The summed E-state index contributed by atoms with van der Waals surface area (Å²) in [6.45, 7) is 0. The van der Waals surface area contributed by atoms with E-state index in [9.17, 15) is 14.3 Å². The van der Waals surface area contributed by atoms with Crippen molar-refractivity contribution in [3.63, 3.8) is 0 Å². The zero-order valence-electron chi connectivity index (χ0n) is 17.8. The molecule has 2 N–H and O–H groups in total. The third-order valence-electron chi connectivity index (χ3n) is 6.82. The van der Waals surface area contributed by atoms with E-state index < -0.39 is 11.4 Å². The van der Waals surface area contributed by atoms with Crippen molar-refractivity contribution in [2.24, 2.45) is 18.9 Å². The highest BCUT2D eigenvalue weighted by Gasteiger charge is 2.51. The molecule has 1 amide bonds. The van der Waals surface area contributed by atoms with E-state index in [0.717, 1.165) is 23.0 Å². The summed E-state index contributed by atoms with van der Waals surface area (Å²) < 4.78 is 15.9. The number of nitrogens with zero attached hydrogens (tertiary/aromatic N) is 4. The topological polar surface area (TPSA) is 92.9 Å². The fourth-order valence-electron chi connectivity index (χ4n) is 5.41. The number of nitrogens with one attached hydrogen (secondary N) is 1. The van der Waals surface area contributed by atoms with Crippen LogP contribution in [0.5, 0.6) is 0 Å². The number of carbonyl (C=O) groups is 1. The zero-order valence-corrected chi connectivity index (χ0v) is 20.1. The van der Waals surface area contributed by atoms with Crippen LogP contribution in [0.1, 0.15) is 53.6 Å². The molecule has 2 saturated carbocycles. The maximum atomic E-state index is 13.4. The van der Waals surface area contributed by atoms with Gasteiger partial charge in [-0.25, -0.2) is 19.3 Å². The number of fused-ring (bicyclic) bond motifs is 1. The number of rotatable bonds is 4. The van der Waals surface area contributed by atoms with Gasteiger partial charge in [-0.05, 0) is 71.6 Å². The predicted molar refractivity (Wildman–Crippen MR) is 124 cm³/mol. The molecule has 0 bridgehead atoms. The smallest absolute Gasteiger partial charge is 0.274 e. The van der Waals surface area contributed by atoms with Crippen LogP contribution in [0.2, 0.25) is 5.02 Å². The lowest BCUT2D eigenvalue weighted by Gasteiger charge is -2.23. The maximum Gasteiger partial charge on any atom is 0.274 e. The van der Waals surface area contributed by atoms with Gasteiger partial charge in [0.1, 0.15) is 17.1 Å². The van der Waals surface area contributed by atoms with Crippen LogP contribution in [0.15, 0.2) is 41.4 Å². The number of hydrogen-bond acceptors (Lipinski definition) is 5. The van der Waals surface area contributed by atoms with Gasteiger partial charge in [0, 0.05) is 31.0 Å². The van der Waals surface area contributed by atoms with Crippen molar-refractivity contribution in [1.82, 2.24) is 19.5 Å². The summed E-state index contributed by atoms with van der Waals surface area (Å²) in [4.78, 5) is 26.2. The van der Waals surface area contributed by atoms with E-state index in [-0.39, 0.29) is 16.8 Å². The molecule has 0 spiro atoms. The molecule has 2 aliphatic rings. The van der Waals surface area contributed by atoms with Gasteiger partial charge in [0.05, 0.1) is 21.5 Å². The minimum Gasteiger partial charge on any atom is -0.382 e. The van der Waals surface area contributed by atoms with Gasteiger partial charge >= 0.3 is 0 Å². The highest BCUT2D eigenvalue weighted by molar-refractivity contribution is 9.10. The molecule has 2 aliphatic carbocycles. The van der Waals surface area contributed by atoms with Crippen molar-refractivity contribution in [3.05, 3.63) is 69.4 Å². The summed E-state index contributed by atoms with van der Waals surface area (Å²) >= 11 is 9.17. The van der Waals surface area contributed by atoms with Gasteiger partial charge < -0.3 is 15.0 Å². The Hall–Kier alpha value is -2.36. The van der Waals surface area contributed by atoms with Gasteiger partial charge in [-0.2, -0.15) is 0 Å². The second kappa shape index (κ2) is 8.45. The number of hydrogen-bond donors (Lipinski definition) is 2. The zero-order chi connectivity index (χ0) is 23.3. The number of aryl methyl sites for hydroxylation is 1. The quantitative estimate of drug-likeness (QED) is 0.501. The molecule has 7 nitrogen and oxygen atoms in total. The first-order valence-electron chi connectivity index (χ1n) is 10.7. The van der Waals surface area contributed by atoms with Gasteiger partial charge in [-0.3, -0.25) is 4.79 Å². The average Bonchev–Trinajstić information content (AvgIpc) is 3.42. The number of halogens is 3. The van der Waals surface area contributed by atoms with E-state index in [1.165, 1.54) is 18.2 Å². The highest BCUT2D eigenvalue weighted by atomic mass is 79.9. The Balaban J connectivity index is 1.32. The second-order valence-electron chi connectivity index (χ2n) is 9.03. The molecule has 2 aromatic heterocycles. The first-order chi connectivity index (χ1) is 15.7. The molecule has 2 unspecified atom stereocenters. The Morgan fingerprint density at radius 3 is 2.55 bits per heavy atom. The van der Waals surface area contributed by atoms with Gasteiger partial charge in [-0.1, -0.05) is 11.6 Å². The Morgan fingerprint density at radius 2 is 1.91 bits per heavy atom. The molecule has 0 aliphatic heterocycles. The lowest BCUT2D eigenvalue weighted by atomic mass is 9.91. The largest absolute Gasteiger partial charge is 0.382 e. The molecule has 2 atom stereocenters. The number of carbonyl (C=O) groups excluding carboxylic acids is 1. The summed E-state index contributed by atoms with van der Waals surface area (Å²) in [5.74, 6) is 0.343. The summed E-state index contributed by atoms with van der Waals surface area (Å²) in [7, 11) is 1.78. The van der Waals surface area contributed by atoms with Crippen molar-refractivity contribution in [2.75, 3.05) is 5.32 Å². The lowest BCUT2D eigenvalue weighted by molar-refractivity contribution is 0.0253. The van der Waals surface area contributed by atoms with Crippen molar-refractivity contribution >= 4 is 39.1 Å². The average molecular weight is 535 g/mol. The number of benzene rings is 1. The molecule has 0 radical (unpaired) electrons. The third kappa shape index (κ3) is 4.18. The minimum atomic E-state index is -1.02. The second-order valence-corrected chi connectivity index (χ2v) is 10.3. The highest BCUT2D eigenvalue weighted by Crippen LogP contribution is 2.56. The van der Waals surface area contributed by atoms with E-state index in [4.69, 9.17) is 11.6 Å². The maximum absolute atomic E-state index is 13.4. The molecule has 33 heavy (non-hydrogen) atoms. The van der Waals surface area contributed by atoms with Gasteiger partial charge in [0.15, 0.2) is 5.82 Å². The Labute approximate surface area is 203 Å². The number of imidazole rings is 1. The Morgan fingerprint density at radius 1 is 1.24 bits per heavy atom. The minimum absolute atomic E-state index is 0.0520. The normalized spacial score (nSPS) is 26.4. The number of aromatic nitrogens is 4. The molecule has 2 heterocycles. The van der Waals surface area contributed by atoms with Gasteiger partial charge in [0.25, 0.3) is 5.91 Å². The van der Waals surface area contributed by atoms with Crippen molar-refractivity contribution < 1.29 is 14.3 Å². The lowest BCUT2D eigenvalue weighted by Crippen LogP contribution is -2.26. The predicted octanol–water partition coefficient (Wildman–Crippen LogP) is 4.81. The van der Waals surface area contributed by atoms with Crippen molar-refractivity contribution in [1.29, 1.82) is 0 Å². The summed E-state index contributed by atoms with van der Waals surface area (Å²) in [6.07, 6.45) is 7.82. The van der Waals surface area contributed by atoms with Crippen LogP contribution >= 0.6 is 27.5 Å². The molecule has 0 saturated heterocycles. The molecule has 172 valence electrons. The SMILES string of the molecule is Cn1cnc(C2CC3CC(O)(c4ncc(Br)cn4)CC3C2)c1C(=O)Nc1ccc(F)c(Cl)c1. The van der Waals surface area contributed by atoms with Crippen LogP contribution in [0, 0.1) is 17.7 Å². The monoisotopic (exact) mass is 533 g/mol. The fourth-order valence-corrected chi connectivity index (χ4v) is 5.79. The van der Waals surface area contributed by atoms with Crippen LogP contribution in [0.4, 0.5) is 10.1 Å². The third-order valence-corrected chi connectivity index (χ3v) is 7.52. The van der Waals surface area contributed by atoms with E-state index in [1.807, 2.05) is 0 Å². The first kappa shape index (κ1) is 22.4. The van der Waals surface area contributed by atoms with Gasteiger partial charge in [-0.15, -0.1) is 0 Å². The molecule has 10 heteroatoms. The fraction of sp³-hybridized carbons (Fsp3) is 0.391. The molecule has 1 aromatic carbocycles. The van der Waals surface area contributed by atoms with Crippen LogP contribution in [-0.2, 0) is 12.6 Å². The van der Waals surface area contributed by atoms with Crippen molar-refractivity contribution in [2.45, 2.75) is 37.2 Å². The van der Waals surface area contributed by atoms with E-state index >= 15 is 0 Å².